The molecular weight excluding hydrogens is 428 g/mol. The highest BCUT2D eigenvalue weighted by molar-refractivity contribution is 5.67. The maximum Gasteiger partial charge on any atom is 0.250 e. The second-order valence-electron chi connectivity index (χ2n) is 10.3. The summed E-state index contributed by atoms with van der Waals surface area (Å²) in [5, 5.41) is 4.20. The van der Waals surface area contributed by atoms with Crippen LogP contribution in [0.25, 0.3) is 23.5 Å². The van der Waals surface area contributed by atoms with Crippen molar-refractivity contribution in [2.45, 2.75) is 96.8 Å². The number of hydrogen-bond acceptors (Lipinski definition) is 3. The molecule has 0 unspecified atom stereocenters. The van der Waals surface area contributed by atoms with Crippen LogP contribution in [0.2, 0.25) is 0 Å². The predicted molar refractivity (Wildman–Crippen MR) is 147 cm³/mol. The van der Waals surface area contributed by atoms with E-state index in [2.05, 4.69) is 72.5 Å². The highest BCUT2D eigenvalue weighted by atomic mass is 16.5. The Hall–Kier alpha value is -2.68. The van der Waals surface area contributed by atoms with E-state index in [1.807, 2.05) is 12.2 Å². The fourth-order valence-corrected chi connectivity index (χ4v) is 5.41. The summed E-state index contributed by atoms with van der Waals surface area (Å²) >= 11 is 0. The summed E-state index contributed by atoms with van der Waals surface area (Å²) in [7, 11) is 0. The van der Waals surface area contributed by atoms with Gasteiger partial charge in [0, 0.05) is 11.6 Å². The summed E-state index contributed by atoms with van der Waals surface area (Å²) in [5.74, 6) is 2.84. The molecule has 0 radical (unpaired) electrons. The van der Waals surface area contributed by atoms with Crippen LogP contribution in [-0.4, -0.2) is 10.1 Å². The van der Waals surface area contributed by atoms with Gasteiger partial charge in [-0.1, -0.05) is 106 Å². The molecule has 0 spiro atoms. The standard InChI is InChI=1S/C32H42N2O/c1-3-5-6-7-8-10-26-11-13-27(14-12-26)17-24-31-33-32(34-35-31)30-22-20-29(21-23-30)28-18-15-25(9-4-2)16-19-28/h11-14,17,20-25,28H,3-10,15-16,18-19H2,1-2H3/b24-17+. The fourth-order valence-electron chi connectivity index (χ4n) is 5.41. The van der Waals surface area contributed by atoms with E-state index >= 15 is 0 Å². The zero-order chi connectivity index (χ0) is 24.3. The molecule has 1 saturated carbocycles. The second kappa shape index (κ2) is 13.4. The third kappa shape index (κ3) is 7.65. The molecule has 35 heavy (non-hydrogen) atoms. The molecule has 3 nitrogen and oxygen atoms in total. The predicted octanol–water partition coefficient (Wildman–Crippen LogP) is 9.49. The summed E-state index contributed by atoms with van der Waals surface area (Å²) in [6, 6.07) is 17.6. The molecule has 4 rings (SSSR count). The van der Waals surface area contributed by atoms with Gasteiger partial charge in [0.1, 0.15) is 0 Å². The molecule has 3 heteroatoms. The van der Waals surface area contributed by atoms with Crippen LogP contribution in [-0.2, 0) is 6.42 Å². The number of unbranched alkanes of at least 4 members (excludes halogenated alkanes) is 4. The molecule has 1 fully saturated rings. The third-order valence-corrected chi connectivity index (χ3v) is 7.59. The van der Waals surface area contributed by atoms with Crippen molar-refractivity contribution in [3.05, 3.63) is 71.1 Å². The SMILES string of the molecule is CCCCCCCc1ccc(/C=C/c2nc(-c3ccc(C4CCC(CCC)CC4)cc3)no2)cc1. The van der Waals surface area contributed by atoms with Gasteiger partial charge in [0.15, 0.2) is 0 Å². The first kappa shape index (κ1) is 25.4. The molecule has 0 bridgehead atoms. The topological polar surface area (TPSA) is 38.9 Å². The van der Waals surface area contributed by atoms with Crippen LogP contribution in [0.15, 0.2) is 53.1 Å². The number of hydrogen-bond donors (Lipinski definition) is 0. The van der Waals surface area contributed by atoms with Crippen LogP contribution >= 0.6 is 0 Å². The summed E-state index contributed by atoms with van der Waals surface area (Å²) in [4.78, 5) is 4.59. The highest BCUT2D eigenvalue weighted by Crippen LogP contribution is 2.37. The Morgan fingerprint density at radius 1 is 0.800 bits per heavy atom. The Bertz CT molecular complexity index is 1020. The quantitative estimate of drug-likeness (QED) is 0.247. The van der Waals surface area contributed by atoms with Gasteiger partial charge in [-0.3, -0.25) is 0 Å². The molecule has 0 aliphatic heterocycles. The number of nitrogens with zero attached hydrogens (tertiary/aromatic N) is 2. The molecule has 3 aromatic rings. The zero-order valence-electron chi connectivity index (χ0n) is 21.7. The maximum atomic E-state index is 5.48. The number of benzene rings is 2. The first-order chi connectivity index (χ1) is 17.2. The third-order valence-electron chi connectivity index (χ3n) is 7.59. The van der Waals surface area contributed by atoms with E-state index in [4.69, 9.17) is 4.52 Å². The van der Waals surface area contributed by atoms with E-state index in [9.17, 15) is 0 Å². The van der Waals surface area contributed by atoms with Crippen molar-refractivity contribution < 1.29 is 4.52 Å². The van der Waals surface area contributed by atoms with Crippen LogP contribution in [0.3, 0.4) is 0 Å². The van der Waals surface area contributed by atoms with Crippen molar-refractivity contribution in [1.29, 1.82) is 0 Å². The average molecular weight is 471 g/mol. The van der Waals surface area contributed by atoms with Gasteiger partial charge in [-0.2, -0.15) is 4.98 Å². The van der Waals surface area contributed by atoms with E-state index in [0.29, 0.717) is 17.6 Å². The van der Waals surface area contributed by atoms with Crippen molar-refractivity contribution >= 4 is 12.2 Å². The molecule has 1 aromatic heterocycles. The van der Waals surface area contributed by atoms with Gasteiger partial charge in [0.2, 0.25) is 5.82 Å². The molecule has 0 saturated heterocycles. The Balaban J connectivity index is 1.28. The Morgan fingerprint density at radius 3 is 2.26 bits per heavy atom. The number of rotatable bonds is 12. The van der Waals surface area contributed by atoms with E-state index < -0.39 is 0 Å². The Kier molecular flexibility index (Phi) is 9.74. The van der Waals surface area contributed by atoms with Crippen molar-refractivity contribution in [3.63, 3.8) is 0 Å². The van der Waals surface area contributed by atoms with Crippen LogP contribution in [0.5, 0.6) is 0 Å². The monoisotopic (exact) mass is 470 g/mol. The summed E-state index contributed by atoms with van der Waals surface area (Å²) in [6.07, 6.45) is 19.8. The summed E-state index contributed by atoms with van der Waals surface area (Å²) < 4.78 is 5.48. The lowest BCUT2D eigenvalue weighted by atomic mass is 9.77. The maximum absolute atomic E-state index is 5.48. The molecule has 0 N–H and O–H groups in total. The highest BCUT2D eigenvalue weighted by Gasteiger charge is 2.21. The van der Waals surface area contributed by atoms with Gasteiger partial charge in [-0.05, 0) is 73.1 Å². The van der Waals surface area contributed by atoms with E-state index in [-0.39, 0.29) is 0 Å². The van der Waals surface area contributed by atoms with E-state index in [0.717, 1.165) is 17.0 Å². The molecule has 1 aliphatic rings. The lowest BCUT2D eigenvalue weighted by Gasteiger charge is -2.28. The molecule has 1 heterocycles. The summed E-state index contributed by atoms with van der Waals surface area (Å²) in [6.45, 7) is 4.57. The van der Waals surface area contributed by atoms with Crippen LogP contribution < -0.4 is 0 Å². The Morgan fingerprint density at radius 2 is 1.54 bits per heavy atom. The van der Waals surface area contributed by atoms with Crippen LogP contribution in [0.4, 0.5) is 0 Å². The van der Waals surface area contributed by atoms with Gasteiger partial charge in [-0.15, -0.1) is 0 Å². The summed E-state index contributed by atoms with van der Waals surface area (Å²) in [5.41, 5.74) is 5.03. The largest absolute Gasteiger partial charge is 0.334 e. The molecule has 0 atom stereocenters. The van der Waals surface area contributed by atoms with Crippen LogP contribution in [0.1, 0.15) is 113 Å². The van der Waals surface area contributed by atoms with Crippen molar-refractivity contribution in [2.24, 2.45) is 5.92 Å². The molecule has 0 amide bonds. The normalized spacial score (nSPS) is 18.3. The lowest BCUT2D eigenvalue weighted by Crippen LogP contribution is -2.13. The number of aryl methyl sites for hydroxylation is 1. The second-order valence-corrected chi connectivity index (χ2v) is 10.3. The minimum absolute atomic E-state index is 0.540. The molecule has 186 valence electrons. The van der Waals surface area contributed by atoms with Gasteiger partial charge < -0.3 is 4.52 Å². The van der Waals surface area contributed by atoms with E-state index in [1.54, 1.807) is 0 Å². The van der Waals surface area contributed by atoms with Crippen molar-refractivity contribution in [1.82, 2.24) is 10.1 Å². The minimum Gasteiger partial charge on any atom is -0.334 e. The molecule has 2 aromatic carbocycles. The molecular formula is C32H42N2O. The van der Waals surface area contributed by atoms with Gasteiger partial charge in [0.05, 0.1) is 0 Å². The van der Waals surface area contributed by atoms with Crippen molar-refractivity contribution in [2.75, 3.05) is 0 Å². The zero-order valence-corrected chi connectivity index (χ0v) is 21.7. The van der Waals surface area contributed by atoms with Crippen LogP contribution in [0, 0.1) is 5.92 Å². The average Bonchev–Trinajstić information content (AvgIpc) is 3.38. The van der Waals surface area contributed by atoms with Crippen molar-refractivity contribution in [3.8, 4) is 11.4 Å². The lowest BCUT2D eigenvalue weighted by molar-refractivity contribution is 0.308. The first-order valence-electron chi connectivity index (χ1n) is 14.0. The smallest absolute Gasteiger partial charge is 0.250 e. The van der Waals surface area contributed by atoms with Gasteiger partial charge in [-0.25, -0.2) is 0 Å². The molecule has 1 aliphatic carbocycles. The number of aromatic nitrogens is 2. The minimum atomic E-state index is 0.540. The fraction of sp³-hybridized carbons (Fsp3) is 0.500. The van der Waals surface area contributed by atoms with Gasteiger partial charge in [0.25, 0.3) is 5.89 Å². The Labute approximate surface area is 212 Å². The first-order valence-corrected chi connectivity index (χ1v) is 14.0. The van der Waals surface area contributed by atoms with Gasteiger partial charge >= 0.3 is 0 Å². The van der Waals surface area contributed by atoms with E-state index in [1.165, 1.54) is 88.2 Å².